The molecule has 0 aliphatic heterocycles. The lowest BCUT2D eigenvalue weighted by Gasteiger charge is -2.18. The molecule has 26 nitrogen and oxygen atoms in total. The van der Waals surface area contributed by atoms with Crippen molar-refractivity contribution in [1.82, 2.24) is 10.6 Å². The monoisotopic (exact) mass is 1380 g/mol. The van der Waals surface area contributed by atoms with Gasteiger partial charge in [-0.15, -0.1) is 0 Å². The van der Waals surface area contributed by atoms with Crippen LogP contribution in [0.1, 0.15) is 140 Å². The zero-order valence-corrected chi connectivity index (χ0v) is 57.0. The van der Waals surface area contributed by atoms with Crippen LogP contribution in [-0.4, -0.2) is 244 Å². The molecule has 2 aromatic carbocycles. The first-order valence-electron chi connectivity index (χ1n) is 34.7. The van der Waals surface area contributed by atoms with Crippen molar-refractivity contribution in [2.75, 3.05) is 191 Å². The normalized spacial score (nSPS) is 12.7. The fourth-order valence-electron chi connectivity index (χ4n) is 10.3. The number of ketones is 3. The summed E-state index contributed by atoms with van der Waals surface area (Å²) in [6.45, 7) is 9.99. The summed E-state index contributed by atoms with van der Waals surface area (Å²) in [6, 6.07) is 15.9. The van der Waals surface area contributed by atoms with Gasteiger partial charge in [-0.1, -0.05) is 68.8 Å². The van der Waals surface area contributed by atoms with Crippen LogP contribution in [0.25, 0.3) is 11.1 Å². The molecule has 3 atom stereocenters. The molecule has 1 aliphatic rings. The number of fused-ring (bicyclic) bond motifs is 3. The first kappa shape index (κ1) is 87.8. The Morgan fingerprint density at radius 3 is 1.23 bits per heavy atom. The summed E-state index contributed by atoms with van der Waals surface area (Å²) in [4.78, 5) is 87.7. The van der Waals surface area contributed by atoms with Crippen LogP contribution in [0.5, 0.6) is 0 Å². The number of rotatable bonds is 69. The molecule has 0 spiro atoms. The van der Waals surface area contributed by atoms with E-state index in [1.165, 1.54) is 22.3 Å². The largest absolute Gasteiger partial charge is 0.481 e. The van der Waals surface area contributed by atoms with E-state index in [9.17, 15) is 38.7 Å². The molecule has 2 aromatic rings. The van der Waals surface area contributed by atoms with Crippen LogP contribution in [0.4, 0.5) is 0 Å². The molecular weight excluding hydrogens is 1260 g/mol. The molecule has 26 heteroatoms. The van der Waals surface area contributed by atoms with Gasteiger partial charge in [-0.25, -0.2) is 0 Å². The molecule has 9 N–H and O–H groups in total. The topological polar surface area (TPSA) is 362 Å². The summed E-state index contributed by atoms with van der Waals surface area (Å²) in [7, 11) is 0. The number of unbranched alkanes of at least 4 members (excludes halogenated alkanes) is 3. The maximum absolute atomic E-state index is 13.1. The Kier molecular flexibility index (Phi) is 54.9. The highest BCUT2D eigenvalue weighted by Crippen LogP contribution is 2.44. The Bertz CT molecular complexity index is 2330. The zero-order valence-electron chi connectivity index (χ0n) is 57.0. The number of nitrogens with two attached hydrogens (primary N) is 3. The van der Waals surface area contributed by atoms with Crippen LogP contribution < -0.4 is 27.8 Å². The van der Waals surface area contributed by atoms with Gasteiger partial charge in [0.15, 0.2) is 5.78 Å². The Balaban J connectivity index is 0.0000320. The predicted octanol–water partition coefficient (Wildman–Crippen LogP) is 5.70. The van der Waals surface area contributed by atoms with Crippen molar-refractivity contribution in [2.24, 2.45) is 29.0 Å². The first-order chi connectivity index (χ1) is 47.0. The number of carbonyl (C=O) groups excluding carboxylic acids is 6. The number of carboxylic acids is 1. The van der Waals surface area contributed by atoms with Crippen molar-refractivity contribution >= 4 is 41.1 Å². The van der Waals surface area contributed by atoms with Gasteiger partial charge in [-0.3, -0.25) is 33.6 Å². The number of Topliss-reactive ketones (excluding diaryl/α,β-unsaturated/α-hetero) is 3. The lowest BCUT2D eigenvalue weighted by Crippen LogP contribution is -2.41. The van der Waals surface area contributed by atoms with Gasteiger partial charge in [0, 0.05) is 76.5 Å². The third-order valence-electron chi connectivity index (χ3n) is 15.5. The van der Waals surface area contributed by atoms with E-state index >= 15 is 0 Å². The molecule has 0 saturated carbocycles. The second-order valence-electron chi connectivity index (χ2n) is 23.2. The van der Waals surface area contributed by atoms with E-state index in [4.69, 9.17) is 78.8 Å². The fraction of sp³-hybridized carbons (Fsp3) is 0.732. The third-order valence-corrected chi connectivity index (χ3v) is 15.5. The second kappa shape index (κ2) is 60.7. The summed E-state index contributed by atoms with van der Waals surface area (Å²) < 4.78 is 72.4. The van der Waals surface area contributed by atoms with Gasteiger partial charge in [-0.2, -0.15) is 0 Å². The number of hydrogen-bond acceptors (Lipinski definition) is 23. The zero-order chi connectivity index (χ0) is 69.2. The second-order valence-corrected chi connectivity index (χ2v) is 23.2. The van der Waals surface area contributed by atoms with E-state index in [0.717, 1.165) is 25.7 Å². The summed E-state index contributed by atoms with van der Waals surface area (Å²) in [5.74, 6) is -3.06. The Morgan fingerprint density at radius 2 is 0.784 bits per heavy atom. The molecule has 97 heavy (non-hydrogen) atoms. The van der Waals surface area contributed by atoms with E-state index in [0.29, 0.717) is 197 Å². The molecule has 2 amide bonds. The van der Waals surface area contributed by atoms with Gasteiger partial charge in [0.2, 0.25) is 11.8 Å². The van der Waals surface area contributed by atoms with Crippen LogP contribution >= 0.6 is 0 Å². The minimum Gasteiger partial charge on any atom is -0.481 e. The number of benzene rings is 2. The molecule has 0 heterocycles. The standard InChI is InChI=1S/C70H115N5O21.CH4/c71-25-8-5-13-56(53-58(76)22-31-86-37-43-92-50-48-91-42-36-85-30-12-21-68(80)96-55-64-62-17-3-1-15-60(62)61-16-2-4-18-63(61)64)69(81)74-28-34-89-40-46-95-52-51-94-45-39-88-33-24-67(79)75-65(19-7-10-27-73)66(78)20-11-29-84-35-41-90-47-49-93-44-38-87-32-23-59(77)54-57(70(82)83)14-6-9-26-72;/h1-4,15-18,56-57,64-65H,5-14,19-55,71-73H2,(H,74,81)(H,75,79)(H,82,83);1H4. The number of nitrogens with one attached hydrogen (secondary N) is 2. The molecule has 0 bridgehead atoms. The summed E-state index contributed by atoms with van der Waals surface area (Å²) in [5.41, 5.74) is 21.6. The van der Waals surface area contributed by atoms with Gasteiger partial charge < -0.3 is 94.5 Å². The molecule has 0 fully saturated rings. The van der Waals surface area contributed by atoms with Crippen LogP contribution in [0.2, 0.25) is 0 Å². The molecule has 554 valence electrons. The number of hydrogen-bond donors (Lipinski definition) is 6. The van der Waals surface area contributed by atoms with Gasteiger partial charge in [0.05, 0.1) is 157 Å². The van der Waals surface area contributed by atoms with Crippen LogP contribution in [-0.2, 0) is 95.1 Å². The first-order valence-corrected chi connectivity index (χ1v) is 34.7. The molecule has 1 aliphatic carbocycles. The van der Waals surface area contributed by atoms with Crippen molar-refractivity contribution in [3.05, 3.63) is 59.7 Å². The van der Waals surface area contributed by atoms with Gasteiger partial charge in [0.25, 0.3) is 0 Å². The maximum atomic E-state index is 13.1. The Morgan fingerprint density at radius 1 is 0.412 bits per heavy atom. The average Bonchev–Trinajstić information content (AvgIpc) is 1.62. The number of amides is 2. The number of carbonyl (C=O) groups is 7. The summed E-state index contributed by atoms with van der Waals surface area (Å²) >= 11 is 0. The van der Waals surface area contributed by atoms with Crippen molar-refractivity contribution in [2.45, 2.75) is 135 Å². The molecule has 3 rings (SSSR count). The number of ether oxygens (including phenoxy) is 13. The van der Waals surface area contributed by atoms with Crippen molar-refractivity contribution in [1.29, 1.82) is 0 Å². The molecule has 0 aromatic heterocycles. The minimum atomic E-state index is -0.964. The third kappa shape index (κ3) is 44.5. The Hall–Kier alpha value is -5.27. The quantitative estimate of drug-likeness (QED) is 0.0341. The highest BCUT2D eigenvalue weighted by atomic mass is 16.6. The SMILES string of the molecule is C.NCCCCC(CC(=O)CCOCCOCCOCCOCCCC(=O)C(CCCCN)NC(=O)CCOCCOCCOCCOCCNC(=O)C(CCCCN)CC(=O)CCOCCOCCOCCOCCCC(=O)OCC1c2ccccc2-c2ccccc21)C(=O)O. The predicted molar refractivity (Wildman–Crippen MR) is 366 cm³/mol. The van der Waals surface area contributed by atoms with E-state index < -0.39 is 23.8 Å². The minimum absolute atomic E-state index is 0. The van der Waals surface area contributed by atoms with Crippen molar-refractivity contribution in [3.63, 3.8) is 0 Å². The van der Waals surface area contributed by atoms with E-state index in [1.54, 1.807) is 0 Å². The molecule has 0 radical (unpaired) electrons. The smallest absolute Gasteiger partial charge is 0.306 e. The average molecular weight is 1380 g/mol. The van der Waals surface area contributed by atoms with Crippen LogP contribution in [0.15, 0.2) is 48.5 Å². The van der Waals surface area contributed by atoms with Crippen LogP contribution in [0.3, 0.4) is 0 Å². The van der Waals surface area contributed by atoms with Crippen molar-refractivity contribution in [3.8, 4) is 11.1 Å². The summed E-state index contributed by atoms with van der Waals surface area (Å²) in [6.07, 6.45) is 7.97. The van der Waals surface area contributed by atoms with E-state index in [2.05, 4.69) is 34.9 Å². The van der Waals surface area contributed by atoms with Crippen LogP contribution in [0, 0.1) is 11.8 Å². The van der Waals surface area contributed by atoms with E-state index in [-0.39, 0.29) is 133 Å². The van der Waals surface area contributed by atoms with Gasteiger partial charge in [0.1, 0.15) is 18.2 Å². The number of aliphatic carboxylic acids is 1. The van der Waals surface area contributed by atoms with Gasteiger partial charge in [-0.05, 0) is 99.7 Å². The lowest BCUT2D eigenvalue weighted by atomic mass is 9.94. The lowest BCUT2D eigenvalue weighted by molar-refractivity contribution is -0.144. The number of carboxylic acid groups (broad SMARTS) is 1. The fourth-order valence-corrected chi connectivity index (χ4v) is 10.3. The highest BCUT2D eigenvalue weighted by Gasteiger charge is 2.29. The molecular formula is C71H119N5O21. The Labute approximate surface area is 576 Å². The van der Waals surface area contributed by atoms with Crippen molar-refractivity contribution < 1.29 is 100 Å². The molecule has 3 unspecified atom stereocenters. The number of esters is 1. The van der Waals surface area contributed by atoms with Gasteiger partial charge >= 0.3 is 11.9 Å². The molecule has 0 saturated heterocycles. The summed E-state index contributed by atoms with van der Waals surface area (Å²) in [5, 5.41) is 15.1. The maximum Gasteiger partial charge on any atom is 0.306 e. The van der Waals surface area contributed by atoms with E-state index in [1.807, 2.05) is 24.3 Å². The highest BCUT2D eigenvalue weighted by molar-refractivity contribution is 5.89.